The van der Waals surface area contributed by atoms with Gasteiger partial charge in [-0.1, -0.05) is 97.1 Å². The predicted molar refractivity (Wildman–Crippen MR) is 161 cm³/mol. The van der Waals surface area contributed by atoms with Crippen molar-refractivity contribution in [2.45, 2.75) is 70.3 Å². The van der Waals surface area contributed by atoms with Crippen LogP contribution in [0.25, 0.3) is 0 Å². The van der Waals surface area contributed by atoms with E-state index in [4.69, 9.17) is 28.4 Å². The summed E-state index contributed by atoms with van der Waals surface area (Å²) in [5, 5.41) is 0. The third kappa shape index (κ3) is 10.5. The summed E-state index contributed by atoms with van der Waals surface area (Å²) < 4.78 is 37.5. The van der Waals surface area contributed by atoms with Crippen molar-refractivity contribution in [2.24, 2.45) is 0 Å². The van der Waals surface area contributed by atoms with Crippen LogP contribution < -0.4 is 0 Å². The van der Waals surface area contributed by atoms with E-state index in [2.05, 4.69) is 6.58 Å². The van der Waals surface area contributed by atoms with E-state index in [0.29, 0.717) is 6.61 Å². The molecule has 1 aliphatic rings. The van der Waals surface area contributed by atoms with Crippen molar-refractivity contribution >= 4 is 11.8 Å². The van der Waals surface area contributed by atoms with Crippen molar-refractivity contribution in [1.82, 2.24) is 0 Å². The molecule has 228 valence electrons. The Bertz CT molecular complexity index is 1250. The summed E-state index contributed by atoms with van der Waals surface area (Å²) in [5.74, 6) is -0.632. The molecule has 0 bridgehead atoms. The highest BCUT2D eigenvalue weighted by Gasteiger charge is 2.50. The van der Waals surface area contributed by atoms with Gasteiger partial charge in [-0.05, 0) is 23.6 Å². The minimum atomic E-state index is -0.916. The molecule has 3 aromatic carbocycles. The molecule has 8 heteroatoms. The highest BCUT2D eigenvalue weighted by Crippen LogP contribution is 2.31. The minimum Gasteiger partial charge on any atom is -0.456 e. The predicted octanol–water partition coefficient (Wildman–Crippen LogP) is 5.58. The number of esters is 1. The van der Waals surface area contributed by atoms with Crippen molar-refractivity contribution in [2.75, 3.05) is 13.2 Å². The Morgan fingerprint density at radius 3 is 1.79 bits per heavy atom. The van der Waals surface area contributed by atoms with Gasteiger partial charge in [0.1, 0.15) is 24.1 Å². The number of carbonyl (C=O) groups is 2. The average Bonchev–Trinajstić information content (AvgIpc) is 3.03. The second-order valence-corrected chi connectivity index (χ2v) is 10.3. The normalized spacial score (nSPS) is 21.7. The van der Waals surface area contributed by atoms with Crippen LogP contribution in [0.15, 0.2) is 104 Å². The molecule has 0 unspecified atom stereocenters. The summed E-state index contributed by atoms with van der Waals surface area (Å²) >= 11 is 0. The number of Topliss-reactive ketones (excluding diaryl/α,β-unsaturated/α-hetero) is 1. The number of carbonyl (C=O) groups excluding carboxylic acids is 2. The maximum Gasteiger partial charge on any atom is 0.306 e. The van der Waals surface area contributed by atoms with Crippen LogP contribution in [-0.4, -0.2) is 55.7 Å². The van der Waals surface area contributed by atoms with Gasteiger partial charge in [0.15, 0.2) is 12.4 Å². The number of ether oxygens (including phenoxy) is 6. The summed E-state index contributed by atoms with van der Waals surface area (Å²) in [6, 6.07) is 29.2. The van der Waals surface area contributed by atoms with Gasteiger partial charge >= 0.3 is 5.97 Å². The Hall–Kier alpha value is -3.66. The first-order valence-electron chi connectivity index (χ1n) is 14.5. The molecular formula is C35H40O8. The molecule has 43 heavy (non-hydrogen) atoms. The zero-order valence-electron chi connectivity index (χ0n) is 24.5. The lowest BCUT2D eigenvalue weighted by atomic mass is 9.97. The van der Waals surface area contributed by atoms with E-state index in [1.807, 2.05) is 91.0 Å². The summed E-state index contributed by atoms with van der Waals surface area (Å²) in [6.45, 7) is 6.38. The van der Waals surface area contributed by atoms with Gasteiger partial charge in [0.05, 0.1) is 39.5 Å². The maximum atomic E-state index is 13.1. The molecule has 1 fully saturated rings. The first kappa shape index (κ1) is 32.3. The van der Waals surface area contributed by atoms with Crippen LogP contribution in [0.3, 0.4) is 0 Å². The molecule has 0 N–H and O–H groups in total. The van der Waals surface area contributed by atoms with Crippen molar-refractivity contribution in [1.29, 1.82) is 0 Å². The van der Waals surface area contributed by atoms with E-state index < -0.39 is 36.7 Å². The lowest BCUT2D eigenvalue weighted by molar-refractivity contribution is -0.320. The fourth-order valence-electron chi connectivity index (χ4n) is 4.71. The van der Waals surface area contributed by atoms with Gasteiger partial charge in [-0.2, -0.15) is 0 Å². The molecule has 0 saturated carbocycles. The SMILES string of the molecule is C=CCO[C@@H]1O[C@H](COCc2ccccc2)[C@H](OCc2ccccc2)[C@H](OC(=O)CCC(C)=O)[C@H]1OCc1ccccc1. The highest BCUT2D eigenvalue weighted by molar-refractivity contribution is 5.81. The number of benzene rings is 3. The van der Waals surface area contributed by atoms with E-state index in [0.717, 1.165) is 16.7 Å². The van der Waals surface area contributed by atoms with E-state index in [-0.39, 0.29) is 45.1 Å². The zero-order chi connectivity index (χ0) is 30.3. The molecule has 0 spiro atoms. The Balaban J connectivity index is 1.61. The van der Waals surface area contributed by atoms with Gasteiger partial charge in [-0.25, -0.2) is 0 Å². The molecule has 0 aliphatic carbocycles. The van der Waals surface area contributed by atoms with E-state index in [1.54, 1.807) is 6.08 Å². The monoisotopic (exact) mass is 588 g/mol. The largest absolute Gasteiger partial charge is 0.456 e. The molecule has 8 nitrogen and oxygen atoms in total. The summed E-state index contributed by atoms with van der Waals surface area (Å²) in [5.41, 5.74) is 2.89. The number of rotatable bonds is 17. The molecule has 1 aliphatic heterocycles. The lowest BCUT2D eigenvalue weighted by Crippen LogP contribution is -2.62. The van der Waals surface area contributed by atoms with E-state index in [9.17, 15) is 9.59 Å². The van der Waals surface area contributed by atoms with Crippen LogP contribution in [0.1, 0.15) is 36.5 Å². The fourth-order valence-corrected chi connectivity index (χ4v) is 4.71. The van der Waals surface area contributed by atoms with Crippen LogP contribution in [0.5, 0.6) is 0 Å². The highest BCUT2D eigenvalue weighted by atomic mass is 16.7. The maximum absolute atomic E-state index is 13.1. The van der Waals surface area contributed by atoms with Crippen molar-refractivity contribution < 1.29 is 38.0 Å². The third-order valence-corrected chi connectivity index (χ3v) is 6.88. The molecule has 0 radical (unpaired) electrons. The first-order valence-corrected chi connectivity index (χ1v) is 14.5. The topological polar surface area (TPSA) is 89.5 Å². The summed E-state index contributed by atoms with van der Waals surface area (Å²) in [7, 11) is 0. The molecule has 0 aromatic heterocycles. The molecular weight excluding hydrogens is 548 g/mol. The summed E-state index contributed by atoms with van der Waals surface area (Å²) in [6.07, 6.45) is -2.46. The Morgan fingerprint density at radius 1 is 0.721 bits per heavy atom. The van der Waals surface area contributed by atoms with Crippen LogP contribution in [0, 0.1) is 0 Å². The minimum absolute atomic E-state index is 0.0587. The Labute approximate surface area is 253 Å². The Kier molecular flexibility index (Phi) is 13.1. The first-order chi connectivity index (χ1) is 21.0. The molecule has 1 saturated heterocycles. The fraction of sp³-hybridized carbons (Fsp3) is 0.371. The van der Waals surface area contributed by atoms with Gasteiger partial charge < -0.3 is 33.2 Å². The van der Waals surface area contributed by atoms with Crippen LogP contribution in [-0.2, 0) is 57.8 Å². The molecule has 0 amide bonds. The van der Waals surface area contributed by atoms with Crippen molar-refractivity contribution in [3.8, 4) is 0 Å². The van der Waals surface area contributed by atoms with Gasteiger partial charge in [0, 0.05) is 6.42 Å². The number of ketones is 1. The summed E-state index contributed by atoms with van der Waals surface area (Å²) in [4.78, 5) is 24.7. The van der Waals surface area contributed by atoms with Crippen LogP contribution in [0.2, 0.25) is 0 Å². The molecule has 3 aromatic rings. The standard InChI is InChI=1S/C35H40O8/c1-3-21-39-35-34(41-24-29-17-11-6-12-18-29)33(43-31(37)20-19-26(2)36)32(40-23-28-15-9-5-10-16-28)30(42-35)25-38-22-27-13-7-4-8-14-27/h3-18,30,32-35H,1,19-25H2,2H3/t30-,32+,33+,34-,35-/m1/s1. The van der Waals surface area contributed by atoms with E-state index >= 15 is 0 Å². The smallest absolute Gasteiger partial charge is 0.306 e. The second kappa shape index (κ2) is 17.5. The van der Waals surface area contributed by atoms with Crippen LogP contribution >= 0.6 is 0 Å². The van der Waals surface area contributed by atoms with Gasteiger partial charge in [-0.15, -0.1) is 6.58 Å². The molecule has 5 atom stereocenters. The van der Waals surface area contributed by atoms with Gasteiger partial charge in [0.2, 0.25) is 0 Å². The average molecular weight is 589 g/mol. The van der Waals surface area contributed by atoms with Crippen molar-refractivity contribution in [3.05, 3.63) is 120 Å². The Morgan fingerprint density at radius 2 is 1.26 bits per heavy atom. The van der Waals surface area contributed by atoms with Crippen molar-refractivity contribution in [3.63, 3.8) is 0 Å². The number of hydrogen-bond donors (Lipinski definition) is 0. The zero-order valence-corrected chi connectivity index (χ0v) is 24.5. The quantitative estimate of drug-likeness (QED) is 0.149. The second-order valence-electron chi connectivity index (χ2n) is 10.3. The van der Waals surface area contributed by atoms with Crippen LogP contribution in [0.4, 0.5) is 0 Å². The van der Waals surface area contributed by atoms with E-state index in [1.165, 1.54) is 6.92 Å². The number of hydrogen-bond acceptors (Lipinski definition) is 8. The molecule has 1 heterocycles. The van der Waals surface area contributed by atoms with Gasteiger partial charge in [-0.3, -0.25) is 4.79 Å². The lowest BCUT2D eigenvalue weighted by Gasteiger charge is -2.45. The molecule has 4 rings (SSSR count). The van der Waals surface area contributed by atoms with Gasteiger partial charge in [0.25, 0.3) is 0 Å². The third-order valence-electron chi connectivity index (χ3n) is 6.88.